The van der Waals surface area contributed by atoms with Crippen LogP contribution in [0, 0.1) is 11.8 Å². The second-order valence-corrected chi connectivity index (χ2v) is 13.6. The third kappa shape index (κ3) is 7.90. The summed E-state index contributed by atoms with van der Waals surface area (Å²) in [5.74, 6) is 1.15. The summed E-state index contributed by atoms with van der Waals surface area (Å²) < 4.78 is 35.2. The number of rotatable bonds is 9. The minimum absolute atomic E-state index is 0.0146. The van der Waals surface area contributed by atoms with Gasteiger partial charge in [-0.25, -0.2) is 8.42 Å². The molecule has 8 nitrogen and oxygen atoms in total. The smallest absolute Gasteiger partial charge is 0.261 e. The molecule has 1 aliphatic heterocycles. The Morgan fingerprint density at radius 2 is 1.82 bits per heavy atom. The highest BCUT2D eigenvalue weighted by Gasteiger charge is 2.31. The molecule has 3 atom stereocenters. The molecule has 0 aromatic heterocycles. The minimum atomic E-state index is -3.86. The summed E-state index contributed by atoms with van der Waals surface area (Å²) in [5, 5.41) is 10.3. The lowest BCUT2D eigenvalue weighted by Gasteiger charge is -2.35. The van der Waals surface area contributed by atoms with Gasteiger partial charge >= 0.3 is 0 Å². The highest BCUT2D eigenvalue weighted by Crippen LogP contribution is 2.31. The summed E-state index contributed by atoms with van der Waals surface area (Å²) in [4.78, 5) is 17.6. The van der Waals surface area contributed by atoms with Crippen LogP contribution < -0.4 is 9.46 Å². The van der Waals surface area contributed by atoms with E-state index in [1.165, 1.54) is 56.4 Å². The number of halogens is 1. The van der Waals surface area contributed by atoms with Gasteiger partial charge in [0.05, 0.1) is 24.0 Å². The van der Waals surface area contributed by atoms with Gasteiger partial charge in [-0.1, -0.05) is 37.8 Å². The number of nitrogens with zero attached hydrogens (tertiary/aromatic N) is 2. The monoisotopic (exact) mass is 591 g/mol. The number of carbonyl (C=O) groups is 1. The number of anilines is 1. The quantitative estimate of drug-likeness (QED) is 0.435. The van der Waals surface area contributed by atoms with E-state index in [1.807, 2.05) is 6.92 Å². The van der Waals surface area contributed by atoms with Gasteiger partial charge in [0.1, 0.15) is 11.9 Å². The Bertz CT molecular complexity index is 1250. The Hall–Kier alpha value is -2.33. The molecule has 1 amide bonds. The molecule has 10 heteroatoms. The van der Waals surface area contributed by atoms with E-state index in [0.29, 0.717) is 41.0 Å². The molecule has 220 valence electrons. The van der Waals surface area contributed by atoms with Crippen LogP contribution in [0.1, 0.15) is 51.5 Å². The van der Waals surface area contributed by atoms with E-state index >= 15 is 0 Å². The van der Waals surface area contributed by atoms with E-state index in [9.17, 15) is 18.3 Å². The van der Waals surface area contributed by atoms with Gasteiger partial charge in [0.2, 0.25) is 5.91 Å². The lowest BCUT2D eigenvalue weighted by Crippen LogP contribution is -2.48. The molecule has 0 radical (unpaired) electrons. The molecule has 1 aliphatic carbocycles. The number of aliphatic hydroxyl groups excluding tert-OH is 1. The molecule has 1 fully saturated rings. The fraction of sp³-hybridized carbons (Fsp3) is 0.567. The molecule has 1 heterocycles. The second kappa shape index (κ2) is 13.6. The van der Waals surface area contributed by atoms with Crippen molar-refractivity contribution in [2.24, 2.45) is 11.8 Å². The SMILES string of the molecule is C[C@H](CO)N1C[C@H](C)[C@@H](CN(C)CC2CCCCC2)Oc2ccc(NS(=O)(=O)c3ccc(Cl)cc3)cc2CC1=O. The number of nitrogens with one attached hydrogen (secondary N) is 1. The topological polar surface area (TPSA) is 99.2 Å². The van der Waals surface area contributed by atoms with Crippen molar-refractivity contribution in [3.63, 3.8) is 0 Å². The van der Waals surface area contributed by atoms with E-state index in [2.05, 4.69) is 23.6 Å². The van der Waals surface area contributed by atoms with Crippen molar-refractivity contribution < 1.29 is 23.1 Å². The van der Waals surface area contributed by atoms with E-state index in [-0.39, 0.29) is 41.9 Å². The fourth-order valence-electron chi connectivity index (χ4n) is 5.73. The van der Waals surface area contributed by atoms with Gasteiger partial charge in [-0.15, -0.1) is 0 Å². The van der Waals surface area contributed by atoms with Crippen LogP contribution in [0.5, 0.6) is 5.75 Å². The largest absolute Gasteiger partial charge is 0.488 e. The summed E-state index contributed by atoms with van der Waals surface area (Å²) in [7, 11) is -1.72. The lowest BCUT2D eigenvalue weighted by molar-refractivity contribution is -0.134. The van der Waals surface area contributed by atoms with Crippen molar-refractivity contribution in [2.75, 3.05) is 38.0 Å². The number of hydrogen-bond donors (Lipinski definition) is 2. The average molecular weight is 592 g/mol. The Morgan fingerprint density at radius 3 is 2.50 bits per heavy atom. The second-order valence-electron chi connectivity index (χ2n) is 11.5. The predicted molar refractivity (Wildman–Crippen MR) is 158 cm³/mol. The number of amides is 1. The van der Waals surface area contributed by atoms with Gasteiger partial charge in [0.25, 0.3) is 10.0 Å². The summed E-state index contributed by atoms with van der Waals surface area (Å²) >= 11 is 5.92. The molecule has 0 bridgehead atoms. The fourth-order valence-corrected chi connectivity index (χ4v) is 6.91. The summed E-state index contributed by atoms with van der Waals surface area (Å²) in [5.41, 5.74) is 0.940. The van der Waals surface area contributed by atoms with Crippen LogP contribution in [0.25, 0.3) is 0 Å². The minimum Gasteiger partial charge on any atom is -0.488 e. The third-order valence-corrected chi connectivity index (χ3v) is 9.73. The highest BCUT2D eigenvalue weighted by molar-refractivity contribution is 7.92. The van der Waals surface area contributed by atoms with Crippen LogP contribution in [0.4, 0.5) is 5.69 Å². The summed E-state index contributed by atoms with van der Waals surface area (Å²) in [6, 6.07) is 10.7. The summed E-state index contributed by atoms with van der Waals surface area (Å²) in [6.45, 7) is 5.97. The van der Waals surface area contributed by atoms with Crippen LogP contribution >= 0.6 is 11.6 Å². The molecule has 0 unspecified atom stereocenters. The first-order chi connectivity index (χ1) is 19.1. The maximum Gasteiger partial charge on any atom is 0.261 e. The van der Waals surface area contributed by atoms with Gasteiger partial charge < -0.3 is 19.6 Å². The van der Waals surface area contributed by atoms with Crippen LogP contribution in [0.2, 0.25) is 5.02 Å². The molecule has 2 aliphatic rings. The zero-order valence-corrected chi connectivity index (χ0v) is 25.3. The Balaban J connectivity index is 1.60. The molecule has 0 saturated heterocycles. The lowest BCUT2D eigenvalue weighted by atomic mass is 9.89. The van der Waals surface area contributed by atoms with Crippen molar-refractivity contribution in [1.29, 1.82) is 0 Å². The molecular weight excluding hydrogens is 550 g/mol. The zero-order chi connectivity index (χ0) is 28.9. The number of ether oxygens (including phenoxy) is 1. The van der Waals surface area contributed by atoms with Gasteiger partial charge in [-0.2, -0.15) is 0 Å². The van der Waals surface area contributed by atoms with Crippen LogP contribution in [-0.4, -0.2) is 74.7 Å². The van der Waals surface area contributed by atoms with Crippen molar-refractivity contribution >= 4 is 33.2 Å². The first kappa shape index (κ1) is 30.6. The molecule has 1 saturated carbocycles. The molecule has 4 rings (SSSR count). The zero-order valence-electron chi connectivity index (χ0n) is 23.7. The predicted octanol–water partition coefficient (Wildman–Crippen LogP) is 4.80. The first-order valence-electron chi connectivity index (χ1n) is 14.2. The standard InChI is InChI=1S/C30H42ClN3O5S/c1-21-17-34(22(2)20-35)30(36)16-24-15-26(32-40(37,38)27-12-9-25(31)10-13-27)11-14-28(24)39-29(21)19-33(3)18-23-7-5-4-6-8-23/h9-15,21-23,29,32,35H,4-8,16-20H2,1-3H3/t21-,22+,29+/m0/s1. The first-order valence-corrected chi connectivity index (χ1v) is 16.1. The van der Waals surface area contributed by atoms with E-state index < -0.39 is 10.0 Å². The van der Waals surface area contributed by atoms with Crippen molar-refractivity contribution in [3.05, 3.63) is 53.1 Å². The van der Waals surface area contributed by atoms with Crippen LogP contribution in [-0.2, 0) is 21.2 Å². The Kier molecular flexibility index (Phi) is 10.4. The number of likely N-dealkylation sites (N-methyl/N-ethyl adjacent to an activating group) is 1. The molecule has 2 aromatic rings. The van der Waals surface area contributed by atoms with E-state index in [4.69, 9.17) is 16.3 Å². The van der Waals surface area contributed by atoms with Crippen molar-refractivity contribution in [3.8, 4) is 5.75 Å². The Morgan fingerprint density at radius 1 is 1.12 bits per heavy atom. The van der Waals surface area contributed by atoms with Gasteiger partial charge in [-0.3, -0.25) is 9.52 Å². The maximum atomic E-state index is 13.5. The van der Waals surface area contributed by atoms with Crippen LogP contribution in [0.15, 0.2) is 47.4 Å². The highest BCUT2D eigenvalue weighted by atomic mass is 35.5. The van der Waals surface area contributed by atoms with E-state index in [0.717, 1.165) is 6.54 Å². The Labute approximate surface area is 243 Å². The maximum absolute atomic E-state index is 13.5. The molecule has 2 aromatic carbocycles. The van der Waals surface area contributed by atoms with Gasteiger partial charge in [-0.05, 0) is 75.2 Å². The normalized spacial score (nSPS) is 21.6. The number of benzene rings is 2. The average Bonchev–Trinajstić information content (AvgIpc) is 2.96. The van der Waals surface area contributed by atoms with Crippen molar-refractivity contribution in [2.45, 2.75) is 69.4 Å². The molecule has 0 spiro atoms. The number of sulfonamides is 1. The molecule has 40 heavy (non-hydrogen) atoms. The van der Waals surface area contributed by atoms with Gasteiger partial charge in [0.15, 0.2) is 0 Å². The van der Waals surface area contributed by atoms with Crippen LogP contribution in [0.3, 0.4) is 0 Å². The molecular formula is C30H42ClN3O5S. The molecule has 2 N–H and O–H groups in total. The number of fused-ring (bicyclic) bond motifs is 1. The number of carbonyl (C=O) groups excluding carboxylic acids is 1. The van der Waals surface area contributed by atoms with Gasteiger partial charge in [0, 0.05) is 41.8 Å². The van der Waals surface area contributed by atoms with Crippen molar-refractivity contribution in [1.82, 2.24) is 9.80 Å². The summed E-state index contributed by atoms with van der Waals surface area (Å²) in [6.07, 6.45) is 6.28. The van der Waals surface area contributed by atoms with E-state index in [1.54, 1.807) is 23.1 Å². The third-order valence-electron chi connectivity index (χ3n) is 8.08. The number of hydrogen-bond acceptors (Lipinski definition) is 6. The number of aliphatic hydroxyl groups is 1.